The Bertz CT molecular complexity index is 2310. The zero-order valence-corrected chi connectivity index (χ0v) is 28.8. The van der Waals surface area contributed by atoms with Crippen molar-refractivity contribution in [3.63, 3.8) is 0 Å². The highest BCUT2D eigenvalue weighted by Gasteiger charge is 2.54. The van der Waals surface area contributed by atoms with E-state index < -0.39 is 11.7 Å². The fourth-order valence-corrected chi connectivity index (χ4v) is 9.72. The molecule has 3 aliphatic rings. The van der Waals surface area contributed by atoms with E-state index in [1.807, 2.05) is 66.9 Å². The van der Waals surface area contributed by atoms with Gasteiger partial charge in [0.15, 0.2) is 0 Å². The third-order valence-electron chi connectivity index (χ3n) is 12.3. The summed E-state index contributed by atoms with van der Waals surface area (Å²) in [4.78, 5) is 4.58. The molecule has 3 fully saturated rings. The summed E-state index contributed by atoms with van der Waals surface area (Å²) in [5, 5.41) is 30.8. The number of fused-ring (bicyclic) bond motifs is 6. The highest BCUT2D eigenvalue weighted by Crippen LogP contribution is 2.49. The maximum atomic E-state index is 13.3. The predicted octanol–water partition coefficient (Wildman–Crippen LogP) is 9.47. The number of para-hydroxylation sites is 1. The molecule has 10 rings (SSSR count). The Morgan fingerprint density at radius 2 is 1.35 bits per heavy atom. The molecule has 0 aliphatic carbocycles. The van der Waals surface area contributed by atoms with Gasteiger partial charge in [0, 0.05) is 47.0 Å². The lowest BCUT2D eigenvalue weighted by Gasteiger charge is -2.58. The van der Waals surface area contributed by atoms with Crippen LogP contribution in [0, 0.1) is 11.8 Å². The average Bonchev–Trinajstić information content (AvgIpc) is 3.20. The Morgan fingerprint density at radius 3 is 2.02 bits per heavy atom. The largest absolute Gasteiger partial charge is 0.382 e. The fraction of sp³-hybridized carbons (Fsp3) is 0.213. The van der Waals surface area contributed by atoms with Crippen LogP contribution < -0.4 is 0 Å². The van der Waals surface area contributed by atoms with Gasteiger partial charge in [0.1, 0.15) is 24.3 Å². The van der Waals surface area contributed by atoms with Crippen molar-refractivity contribution in [2.75, 3.05) is 13.1 Å². The van der Waals surface area contributed by atoms with E-state index in [0.29, 0.717) is 11.8 Å². The Kier molecular flexibility index (Phi) is 7.85. The second-order valence-corrected chi connectivity index (χ2v) is 14.9. The Balaban J connectivity index is 1.13. The third-order valence-corrected chi connectivity index (χ3v) is 12.3. The zero-order chi connectivity index (χ0) is 34.6. The van der Waals surface area contributed by atoms with Crippen molar-refractivity contribution in [3.8, 4) is 0 Å². The molecule has 2 N–H and O–H groups in total. The van der Waals surface area contributed by atoms with E-state index in [-0.39, 0.29) is 6.04 Å². The van der Waals surface area contributed by atoms with Gasteiger partial charge in [-0.05, 0) is 50.7 Å². The van der Waals surface area contributed by atoms with Gasteiger partial charge in [-0.15, -0.1) is 6.58 Å². The second kappa shape index (κ2) is 12.6. The van der Waals surface area contributed by atoms with E-state index in [9.17, 15) is 10.2 Å². The van der Waals surface area contributed by atoms with Gasteiger partial charge < -0.3 is 14.7 Å². The monoisotopic (exact) mass is 667 g/mol. The molecule has 5 atom stereocenters. The number of piperidine rings is 3. The standard InChI is InChI=1S/C47H43N2O2/c1-2-33-31-49(28-26-36(33)29-45(49)46(50)41-25-27-48-44-20-8-7-17-40(41)44)30-32-21-23-37(24-22-32)47(51,42-18-9-13-34-11-3-5-15-38(34)42)43-19-10-14-35-12-4-6-16-39(35)43/h2-25,27,33,36,45-46,50-51H,1,26,28-31H2/q+1/t33-,36-,45+,46-,49+/m0/s1. The van der Waals surface area contributed by atoms with Crippen LogP contribution in [0.5, 0.6) is 0 Å². The molecule has 0 radical (unpaired) electrons. The molecular formula is C47H43N2O2+. The minimum absolute atomic E-state index is 0.0636. The van der Waals surface area contributed by atoms with Crippen LogP contribution in [0.2, 0.25) is 0 Å². The van der Waals surface area contributed by atoms with Crippen molar-refractivity contribution >= 4 is 32.4 Å². The van der Waals surface area contributed by atoms with Gasteiger partial charge in [0.2, 0.25) is 0 Å². The van der Waals surface area contributed by atoms with Crippen LogP contribution >= 0.6 is 0 Å². The van der Waals surface area contributed by atoms with Crippen molar-refractivity contribution < 1.29 is 14.7 Å². The van der Waals surface area contributed by atoms with Crippen molar-refractivity contribution in [1.82, 2.24) is 4.98 Å². The first-order chi connectivity index (χ1) is 25.0. The number of aliphatic hydroxyl groups excluding tert-OH is 1. The molecule has 0 spiro atoms. The molecule has 0 saturated carbocycles. The van der Waals surface area contributed by atoms with Gasteiger partial charge in [0.05, 0.1) is 18.6 Å². The average molecular weight is 668 g/mol. The van der Waals surface area contributed by atoms with E-state index in [4.69, 9.17) is 0 Å². The molecule has 1 aromatic heterocycles. The maximum absolute atomic E-state index is 13.3. The molecule has 4 heterocycles. The number of benzene rings is 6. The van der Waals surface area contributed by atoms with Gasteiger partial charge in [-0.2, -0.15) is 0 Å². The van der Waals surface area contributed by atoms with Crippen molar-refractivity contribution in [2.24, 2.45) is 11.8 Å². The van der Waals surface area contributed by atoms with Crippen LogP contribution in [0.1, 0.15) is 46.8 Å². The Labute approximate surface area is 299 Å². The number of aliphatic hydroxyl groups is 2. The van der Waals surface area contributed by atoms with Gasteiger partial charge >= 0.3 is 0 Å². The van der Waals surface area contributed by atoms with Crippen LogP contribution in [0.3, 0.4) is 0 Å². The Hall–Kier alpha value is -5.13. The summed E-state index contributed by atoms with van der Waals surface area (Å²) in [5.74, 6) is 0.965. The van der Waals surface area contributed by atoms with Crippen LogP contribution in [-0.4, -0.2) is 38.8 Å². The summed E-state index contributed by atoms with van der Waals surface area (Å²) >= 11 is 0. The normalized spacial score (nSPS) is 22.4. The first kappa shape index (κ1) is 31.8. The molecule has 3 aliphatic heterocycles. The minimum Gasteiger partial charge on any atom is -0.382 e. The molecule has 252 valence electrons. The van der Waals surface area contributed by atoms with E-state index in [1.54, 1.807) is 0 Å². The highest BCUT2D eigenvalue weighted by atomic mass is 16.3. The minimum atomic E-state index is -1.40. The number of pyridine rings is 1. The molecule has 4 heteroatoms. The second-order valence-electron chi connectivity index (χ2n) is 14.9. The summed E-state index contributed by atoms with van der Waals surface area (Å²) in [6.07, 6.45) is 5.48. The Morgan fingerprint density at radius 1 is 0.745 bits per heavy atom. The van der Waals surface area contributed by atoms with E-state index in [1.165, 1.54) is 5.56 Å². The van der Waals surface area contributed by atoms with Crippen LogP contribution in [0.15, 0.2) is 158 Å². The van der Waals surface area contributed by atoms with Crippen molar-refractivity contribution in [2.45, 2.75) is 37.1 Å². The van der Waals surface area contributed by atoms with Crippen LogP contribution in [-0.2, 0) is 12.1 Å². The molecule has 6 aromatic carbocycles. The predicted molar refractivity (Wildman–Crippen MR) is 207 cm³/mol. The molecule has 2 bridgehead atoms. The van der Waals surface area contributed by atoms with Gasteiger partial charge in [-0.1, -0.05) is 133 Å². The van der Waals surface area contributed by atoms with E-state index >= 15 is 0 Å². The summed E-state index contributed by atoms with van der Waals surface area (Å²) in [6, 6.07) is 48.0. The highest BCUT2D eigenvalue weighted by molar-refractivity contribution is 5.92. The number of hydrogen-bond donors (Lipinski definition) is 2. The first-order valence-electron chi connectivity index (χ1n) is 18.3. The molecule has 4 nitrogen and oxygen atoms in total. The lowest BCUT2D eigenvalue weighted by atomic mass is 9.71. The number of aromatic nitrogens is 1. The first-order valence-corrected chi connectivity index (χ1v) is 18.3. The number of hydrogen-bond acceptors (Lipinski definition) is 3. The summed E-state index contributed by atoms with van der Waals surface area (Å²) in [6.45, 7) is 7.04. The summed E-state index contributed by atoms with van der Waals surface area (Å²) < 4.78 is 0.821. The fourth-order valence-electron chi connectivity index (χ4n) is 9.72. The number of quaternary nitrogens is 1. The van der Waals surface area contributed by atoms with Crippen LogP contribution in [0.25, 0.3) is 32.4 Å². The molecular weight excluding hydrogens is 625 g/mol. The lowest BCUT2D eigenvalue weighted by Crippen LogP contribution is -2.67. The maximum Gasteiger partial charge on any atom is 0.141 e. The summed E-state index contributed by atoms with van der Waals surface area (Å²) in [5.41, 5.74) is 4.26. The smallest absolute Gasteiger partial charge is 0.141 e. The number of nitrogens with zero attached hydrogens (tertiary/aromatic N) is 2. The molecule has 7 aromatic rings. The molecule has 51 heavy (non-hydrogen) atoms. The number of rotatable bonds is 8. The van der Waals surface area contributed by atoms with E-state index in [0.717, 1.165) is 91.7 Å². The van der Waals surface area contributed by atoms with Crippen LogP contribution in [0.4, 0.5) is 0 Å². The van der Waals surface area contributed by atoms with Crippen molar-refractivity contribution in [1.29, 1.82) is 0 Å². The third kappa shape index (κ3) is 5.20. The van der Waals surface area contributed by atoms with Gasteiger partial charge in [0.25, 0.3) is 0 Å². The van der Waals surface area contributed by atoms with Crippen molar-refractivity contribution in [3.05, 3.63) is 186 Å². The SMILES string of the molecule is C=C[C@H]1C[N@+]2(Cc3ccc(C(O)(c4cccc5ccccc45)c4cccc5ccccc45)cc3)CC[C@H]1C[C@@H]2[C@@H](O)c1ccnc2ccccc12. The quantitative estimate of drug-likeness (QED) is 0.0965. The zero-order valence-electron chi connectivity index (χ0n) is 28.8. The van der Waals surface area contributed by atoms with Gasteiger partial charge in [-0.25, -0.2) is 0 Å². The molecule has 0 amide bonds. The lowest BCUT2D eigenvalue weighted by molar-refractivity contribution is -0.984. The van der Waals surface area contributed by atoms with Gasteiger partial charge in [-0.3, -0.25) is 4.98 Å². The summed E-state index contributed by atoms with van der Waals surface area (Å²) in [7, 11) is 0. The molecule has 0 unspecified atom stereocenters. The molecule has 3 saturated heterocycles. The van der Waals surface area contributed by atoms with E-state index in [2.05, 4.69) is 96.5 Å². The topological polar surface area (TPSA) is 53.4 Å².